The highest BCUT2D eigenvalue weighted by Crippen LogP contribution is 2.22. The maximum Gasteiger partial charge on any atom is 0.283 e. The molecular formula is C24H21ClN2O5. The minimum absolute atomic E-state index is 0.0842. The van der Waals surface area contributed by atoms with Crippen LogP contribution in [0.25, 0.3) is 0 Å². The summed E-state index contributed by atoms with van der Waals surface area (Å²) in [6.07, 6.45) is 1.25. The van der Waals surface area contributed by atoms with Crippen molar-refractivity contribution in [3.63, 3.8) is 0 Å². The quantitative estimate of drug-likeness (QED) is 0.281. The van der Waals surface area contributed by atoms with E-state index in [0.29, 0.717) is 27.5 Å². The molecule has 0 aliphatic heterocycles. The molecule has 3 rings (SSSR count). The Balaban J connectivity index is 1.62. The van der Waals surface area contributed by atoms with Gasteiger partial charge in [-0.3, -0.25) is 9.59 Å². The van der Waals surface area contributed by atoms with E-state index in [0.717, 1.165) is 6.07 Å². The van der Waals surface area contributed by atoms with Crippen molar-refractivity contribution in [2.45, 2.75) is 19.4 Å². The summed E-state index contributed by atoms with van der Waals surface area (Å²) < 4.78 is 5.76. The number of nitrogens with one attached hydrogen (secondary N) is 1. The highest BCUT2D eigenvalue weighted by molar-refractivity contribution is 6.30. The molecule has 8 heteroatoms. The van der Waals surface area contributed by atoms with Crippen LogP contribution in [0.15, 0.2) is 71.8 Å². The number of carbonyl (C=O) groups excluding carboxylic acids is 2. The van der Waals surface area contributed by atoms with Crippen LogP contribution in [0, 0.1) is 0 Å². The molecule has 7 nitrogen and oxygen atoms in total. The fourth-order valence-electron chi connectivity index (χ4n) is 2.72. The third-order valence-corrected chi connectivity index (χ3v) is 4.78. The first kappa shape index (κ1) is 22.8. The van der Waals surface area contributed by atoms with Gasteiger partial charge in [-0.05, 0) is 74.5 Å². The first-order chi connectivity index (χ1) is 15.2. The number of amides is 1. The summed E-state index contributed by atoms with van der Waals surface area (Å²) in [7, 11) is 0. The summed E-state index contributed by atoms with van der Waals surface area (Å²) in [5, 5.41) is 23.4. The number of ether oxygens (including phenoxy) is 1. The molecule has 0 bridgehead atoms. The van der Waals surface area contributed by atoms with Gasteiger partial charge in [-0.1, -0.05) is 11.6 Å². The lowest BCUT2D eigenvalue weighted by molar-refractivity contribution is -0.134. The first-order valence-electron chi connectivity index (χ1n) is 9.60. The van der Waals surface area contributed by atoms with Crippen molar-refractivity contribution in [3.8, 4) is 17.2 Å². The molecule has 0 spiro atoms. The van der Waals surface area contributed by atoms with Crippen LogP contribution in [-0.2, 0) is 4.79 Å². The third kappa shape index (κ3) is 5.65. The fraction of sp³-hybridized carbons (Fsp3) is 0.125. The molecule has 0 atom stereocenters. The number of aromatic hydroxyl groups is 2. The zero-order valence-corrected chi connectivity index (χ0v) is 18.1. The second kappa shape index (κ2) is 9.53. The van der Waals surface area contributed by atoms with E-state index < -0.39 is 11.5 Å². The van der Waals surface area contributed by atoms with Gasteiger partial charge >= 0.3 is 0 Å². The summed E-state index contributed by atoms with van der Waals surface area (Å²) in [5.74, 6) is -0.533. The minimum atomic E-state index is -1.27. The van der Waals surface area contributed by atoms with Crippen molar-refractivity contribution >= 4 is 29.5 Å². The summed E-state index contributed by atoms with van der Waals surface area (Å²) in [6.45, 7) is 3.14. The van der Waals surface area contributed by atoms with E-state index in [9.17, 15) is 19.8 Å². The number of phenols is 2. The Kier molecular flexibility index (Phi) is 6.80. The predicted octanol–water partition coefficient (Wildman–Crippen LogP) is 4.29. The van der Waals surface area contributed by atoms with Crippen LogP contribution in [0.1, 0.15) is 35.3 Å². The first-order valence-corrected chi connectivity index (χ1v) is 9.98. The Morgan fingerprint density at radius 3 is 2.16 bits per heavy atom. The van der Waals surface area contributed by atoms with Gasteiger partial charge in [-0.2, -0.15) is 5.10 Å². The molecule has 0 saturated carbocycles. The normalized spacial score (nSPS) is 11.3. The van der Waals surface area contributed by atoms with Crippen LogP contribution in [-0.4, -0.2) is 33.7 Å². The Morgan fingerprint density at radius 2 is 1.56 bits per heavy atom. The lowest BCUT2D eigenvalue weighted by Crippen LogP contribution is -2.44. The Labute approximate surface area is 189 Å². The van der Waals surface area contributed by atoms with Crippen molar-refractivity contribution < 1.29 is 24.5 Å². The lowest BCUT2D eigenvalue weighted by atomic mass is 10.0. The van der Waals surface area contributed by atoms with Gasteiger partial charge in [0.25, 0.3) is 5.91 Å². The minimum Gasteiger partial charge on any atom is -0.508 e. The van der Waals surface area contributed by atoms with E-state index >= 15 is 0 Å². The van der Waals surface area contributed by atoms with Crippen molar-refractivity contribution in [2.75, 3.05) is 0 Å². The average molecular weight is 453 g/mol. The number of phenolic OH excluding ortho intramolecular Hbond substituents is 2. The second-order valence-electron chi connectivity index (χ2n) is 7.42. The lowest BCUT2D eigenvalue weighted by Gasteiger charge is -2.24. The highest BCUT2D eigenvalue weighted by Gasteiger charge is 2.30. The number of carbonyl (C=O) groups is 2. The van der Waals surface area contributed by atoms with Crippen LogP contribution in [0.4, 0.5) is 0 Å². The molecule has 3 aromatic rings. The molecule has 0 aliphatic rings. The Bertz CT molecular complexity index is 1160. The standard InChI is InChI=1S/C24H21ClN2O5/c1-24(2,23(31)27-26-14-17-5-10-19(28)13-21(17)29)32-20-11-6-16(7-12-20)22(30)15-3-8-18(25)9-4-15/h3-14,28-29H,1-2H3,(H,27,31)/b26-14+. The number of halogens is 1. The number of rotatable bonds is 7. The molecule has 1 amide bonds. The van der Waals surface area contributed by atoms with E-state index in [1.807, 2.05) is 0 Å². The average Bonchev–Trinajstić information content (AvgIpc) is 2.75. The molecule has 0 heterocycles. The van der Waals surface area contributed by atoms with Gasteiger partial charge in [0, 0.05) is 27.8 Å². The van der Waals surface area contributed by atoms with Crippen LogP contribution in [0.2, 0.25) is 5.02 Å². The smallest absolute Gasteiger partial charge is 0.283 e. The Morgan fingerprint density at radius 1 is 0.969 bits per heavy atom. The van der Waals surface area contributed by atoms with Gasteiger partial charge in [0.2, 0.25) is 0 Å². The Hall–Kier alpha value is -3.84. The molecule has 3 N–H and O–H groups in total. The van der Waals surface area contributed by atoms with Gasteiger partial charge in [0.15, 0.2) is 11.4 Å². The molecule has 0 fully saturated rings. The zero-order valence-electron chi connectivity index (χ0n) is 17.4. The molecule has 0 aromatic heterocycles. The largest absolute Gasteiger partial charge is 0.508 e. The van der Waals surface area contributed by atoms with E-state index in [2.05, 4.69) is 10.5 Å². The van der Waals surface area contributed by atoms with E-state index in [1.54, 1.807) is 62.4 Å². The van der Waals surface area contributed by atoms with Crippen molar-refractivity contribution in [3.05, 3.63) is 88.4 Å². The number of nitrogens with zero attached hydrogens (tertiary/aromatic N) is 1. The second-order valence-corrected chi connectivity index (χ2v) is 7.85. The number of benzene rings is 3. The fourth-order valence-corrected chi connectivity index (χ4v) is 2.85. The van der Waals surface area contributed by atoms with Crippen molar-refractivity contribution in [1.29, 1.82) is 0 Å². The van der Waals surface area contributed by atoms with Gasteiger partial charge in [0.1, 0.15) is 17.2 Å². The van der Waals surface area contributed by atoms with Crippen molar-refractivity contribution in [2.24, 2.45) is 5.10 Å². The van der Waals surface area contributed by atoms with Crippen LogP contribution in [0.5, 0.6) is 17.2 Å². The summed E-state index contributed by atoms with van der Waals surface area (Å²) in [4.78, 5) is 25.0. The van der Waals surface area contributed by atoms with Crippen LogP contribution < -0.4 is 10.2 Å². The summed E-state index contributed by atoms with van der Waals surface area (Å²) >= 11 is 5.86. The molecule has 0 saturated heterocycles. The number of ketones is 1. The van der Waals surface area contributed by atoms with Gasteiger partial charge in [0.05, 0.1) is 6.21 Å². The monoisotopic (exact) mass is 452 g/mol. The van der Waals surface area contributed by atoms with Crippen LogP contribution >= 0.6 is 11.6 Å². The summed E-state index contributed by atoms with van der Waals surface area (Å²) in [5.41, 5.74) is 2.40. The van der Waals surface area contributed by atoms with Gasteiger partial charge in [-0.15, -0.1) is 0 Å². The van der Waals surface area contributed by atoms with Gasteiger partial charge in [-0.25, -0.2) is 5.43 Å². The number of hydrogen-bond donors (Lipinski definition) is 3. The third-order valence-electron chi connectivity index (χ3n) is 4.53. The SMILES string of the molecule is CC(C)(Oc1ccc(C(=O)c2ccc(Cl)cc2)cc1)C(=O)N/N=C/c1ccc(O)cc1O. The van der Waals surface area contributed by atoms with E-state index in [1.165, 1.54) is 18.3 Å². The highest BCUT2D eigenvalue weighted by atomic mass is 35.5. The predicted molar refractivity (Wildman–Crippen MR) is 122 cm³/mol. The number of hydrogen-bond acceptors (Lipinski definition) is 6. The van der Waals surface area contributed by atoms with E-state index in [-0.39, 0.29) is 17.3 Å². The zero-order chi connectivity index (χ0) is 23.3. The summed E-state index contributed by atoms with van der Waals surface area (Å²) in [6, 6.07) is 17.1. The topological polar surface area (TPSA) is 108 Å². The maximum absolute atomic E-state index is 12.5. The molecule has 0 radical (unpaired) electrons. The molecule has 3 aromatic carbocycles. The molecule has 164 valence electrons. The van der Waals surface area contributed by atoms with Crippen molar-refractivity contribution in [1.82, 2.24) is 5.43 Å². The molecular weight excluding hydrogens is 432 g/mol. The van der Waals surface area contributed by atoms with E-state index in [4.69, 9.17) is 16.3 Å². The van der Waals surface area contributed by atoms with Crippen LogP contribution in [0.3, 0.4) is 0 Å². The maximum atomic E-state index is 12.5. The molecule has 32 heavy (non-hydrogen) atoms. The molecule has 0 unspecified atom stereocenters. The van der Waals surface area contributed by atoms with Gasteiger partial charge < -0.3 is 14.9 Å². The molecule has 0 aliphatic carbocycles. The number of hydrazone groups is 1.